The Morgan fingerprint density at radius 1 is 1.29 bits per heavy atom. The number of rotatable bonds is 2. The Kier molecular flexibility index (Phi) is 3.24. The van der Waals surface area contributed by atoms with Gasteiger partial charge in [0.1, 0.15) is 5.75 Å². The van der Waals surface area contributed by atoms with E-state index in [1.807, 2.05) is 13.0 Å². The van der Waals surface area contributed by atoms with Crippen molar-refractivity contribution in [3.05, 3.63) is 28.8 Å². The molecule has 1 aromatic carbocycles. The van der Waals surface area contributed by atoms with E-state index in [1.165, 1.54) is 0 Å². The highest BCUT2D eigenvalue weighted by atomic mass is 32.2. The minimum atomic E-state index is -3.96. The molecule has 0 bridgehead atoms. The van der Waals surface area contributed by atoms with Crippen LogP contribution in [0.1, 0.15) is 16.7 Å². The lowest BCUT2D eigenvalue weighted by Crippen LogP contribution is -2.03. The Bertz CT molecular complexity index is 449. The Hall–Kier alpha value is -0.520. The monoisotopic (exact) mass is 232 g/mol. The molecule has 0 saturated carbocycles. The molecule has 3 nitrogen and oxygen atoms in total. The average molecular weight is 232 g/mol. The molecule has 0 aliphatic heterocycles. The Labute approximate surface area is 89.3 Å². The summed E-state index contributed by atoms with van der Waals surface area (Å²) in [7, 11) is -3.96. The van der Waals surface area contributed by atoms with Crippen LogP contribution in [-0.2, 0) is 15.9 Å². The summed E-state index contributed by atoms with van der Waals surface area (Å²) in [6.45, 7) is 3.70. The van der Waals surface area contributed by atoms with Crippen molar-refractivity contribution in [1.82, 2.24) is 0 Å². The van der Waals surface area contributed by atoms with E-state index in [4.69, 9.17) is 4.55 Å². The molecule has 0 amide bonds. The van der Waals surface area contributed by atoms with Gasteiger partial charge in [-0.1, -0.05) is 6.07 Å². The molecule has 0 aliphatic carbocycles. The van der Waals surface area contributed by atoms with E-state index in [9.17, 15) is 8.42 Å². The highest BCUT2D eigenvalue weighted by Gasteiger charge is 2.10. The van der Waals surface area contributed by atoms with Crippen molar-refractivity contribution in [2.45, 2.75) is 24.5 Å². The van der Waals surface area contributed by atoms with E-state index in [0.29, 0.717) is 5.56 Å². The molecule has 0 fully saturated rings. The lowest BCUT2D eigenvalue weighted by Gasteiger charge is -2.07. The van der Waals surface area contributed by atoms with Crippen LogP contribution in [0.3, 0.4) is 0 Å². The van der Waals surface area contributed by atoms with Crippen molar-refractivity contribution >= 4 is 22.7 Å². The molecule has 0 radical (unpaired) electrons. The molecular weight excluding hydrogens is 220 g/mol. The van der Waals surface area contributed by atoms with Crippen molar-refractivity contribution in [2.24, 2.45) is 0 Å². The second-order valence-corrected chi connectivity index (χ2v) is 5.23. The maximum Gasteiger partial charge on any atom is 0.269 e. The summed E-state index contributed by atoms with van der Waals surface area (Å²) < 4.78 is 30.1. The van der Waals surface area contributed by atoms with E-state index >= 15 is 0 Å². The maximum absolute atomic E-state index is 10.7. The summed E-state index contributed by atoms with van der Waals surface area (Å²) in [6.07, 6.45) is 0. The average Bonchev–Trinajstić information content (AvgIpc) is 1.97. The topological polar surface area (TPSA) is 54.4 Å². The fourth-order valence-corrected chi connectivity index (χ4v) is 2.16. The zero-order chi connectivity index (χ0) is 10.9. The van der Waals surface area contributed by atoms with E-state index in [1.54, 1.807) is 13.0 Å². The van der Waals surface area contributed by atoms with Gasteiger partial charge in [-0.15, -0.1) is 12.6 Å². The van der Waals surface area contributed by atoms with Gasteiger partial charge in [-0.3, -0.25) is 4.55 Å². The molecule has 0 aromatic heterocycles. The second-order valence-electron chi connectivity index (χ2n) is 3.29. The first kappa shape index (κ1) is 11.6. The molecule has 1 aromatic rings. The summed E-state index contributed by atoms with van der Waals surface area (Å²) in [5, 5.41) is 0. The summed E-state index contributed by atoms with van der Waals surface area (Å²) in [6, 6.07) is 3.52. The smallest absolute Gasteiger partial charge is 0.269 e. The van der Waals surface area contributed by atoms with Gasteiger partial charge in [-0.25, -0.2) is 0 Å². The normalized spacial score (nSPS) is 11.7. The zero-order valence-electron chi connectivity index (χ0n) is 7.98. The van der Waals surface area contributed by atoms with Gasteiger partial charge >= 0.3 is 0 Å². The minimum absolute atomic E-state index is 0.354. The SMILES string of the molecule is Cc1cc(C)c(CS(=O)(=O)O)cc1S. The number of hydrogen-bond donors (Lipinski definition) is 2. The van der Waals surface area contributed by atoms with Gasteiger partial charge in [0.15, 0.2) is 0 Å². The highest BCUT2D eigenvalue weighted by molar-refractivity contribution is 7.85. The summed E-state index contributed by atoms with van der Waals surface area (Å²) in [5.74, 6) is -0.354. The van der Waals surface area contributed by atoms with E-state index in [-0.39, 0.29) is 5.75 Å². The fraction of sp³-hybridized carbons (Fsp3) is 0.333. The quantitative estimate of drug-likeness (QED) is 0.605. The van der Waals surface area contributed by atoms with Gasteiger partial charge in [0.25, 0.3) is 10.1 Å². The van der Waals surface area contributed by atoms with Crippen LogP contribution in [0.25, 0.3) is 0 Å². The molecule has 0 unspecified atom stereocenters. The third-order valence-corrected chi connectivity index (χ3v) is 3.15. The van der Waals surface area contributed by atoms with Crippen LogP contribution in [0.15, 0.2) is 17.0 Å². The predicted octanol–water partition coefficient (Wildman–Crippen LogP) is 1.98. The van der Waals surface area contributed by atoms with Crippen molar-refractivity contribution in [3.63, 3.8) is 0 Å². The second kappa shape index (κ2) is 3.92. The first-order chi connectivity index (χ1) is 6.29. The third kappa shape index (κ3) is 3.01. The van der Waals surface area contributed by atoms with E-state index in [0.717, 1.165) is 16.0 Å². The number of thiol groups is 1. The molecular formula is C9H12O3S2. The van der Waals surface area contributed by atoms with Crippen molar-refractivity contribution in [2.75, 3.05) is 0 Å². The molecule has 1 N–H and O–H groups in total. The Morgan fingerprint density at radius 2 is 1.86 bits per heavy atom. The van der Waals surface area contributed by atoms with E-state index < -0.39 is 10.1 Å². The van der Waals surface area contributed by atoms with Crippen molar-refractivity contribution < 1.29 is 13.0 Å². The van der Waals surface area contributed by atoms with Gasteiger partial charge in [0, 0.05) is 4.90 Å². The molecule has 14 heavy (non-hydrogen) atoms. The molecule has 0 spiro atoms. The predicted molar refractivity (Wildman–Crippen MR) is 58.4 cm³/mol. The zero-order valence-corrected chi connectivity index (χ0v) is 9.69. The van der Waals surface area contributed by atoms with Crippen LogP contribution in [0.5, 0.6) is 0 Å². The summed E-state index contributed by atoms with van der Waals surface area (Å²) in [5.41, 5.74) is 2.42. The van der Waals surface area contributed by atoms with Crippen LogP contribution in [0, 0.1) is 13.8 Å². The van der Waals surface area contributed by atoms with Gasteiger partial charge in [0.2, 0.25) is 0 Å². The Morgan fingerprint density at radius 3 is 2.36 bits per heavy atom. The standard InChI is InChI=1S/C9H12O3S2/c1-6-3-7(2)9(13)4-8(6)5-14(10,11)12/h3-4,13H,5H2,1-2H3,(H,10,11,12). The maximum atomic E-state index is 10.7. The lowest BCUT2D eigenvalue weighted by molar-refractivity contribution is 0.482. The van der Waals surface area contributed by atoms with Crippen molar-refractivity contribution in [3.8, 4) is 0 Å². The third-order valence-electron chi connectivity index (χ3n) is 1.99. The first-order valence-corrected chi connectivity index (χ1v) is 6.09. The molecule has 5 heteroatoms. The molecule has 0 atom stereocenters. The largest absolute Gasteiger partial charge is 0.285 e. The van der Waals surface area contributed by atoms with Crippen LogP contribution in [-0.4, -0.2) is 13.0 Å². The number of aryl methyl sites for hydroxylation is 2. The molecule has 0 heterocycles. The number of hydrogen-bond acceptors (Lipinski definition) is 3. The van der Waals surface area contributed by atoms with Gasteiger partial charge in [0.05, 0.1) is 0 Å². The first-order valence-electron chi connectivity index (χ1n) is 4.04. The van der Waals surface area contributed by atoms with Gasteiger partial charge in [-0.2, -0.15) is 8.42 Å². The molecule has 0 saturated heterocycles. The molecule has 1 rings (SSSR count). The summed E-state index contributed by atoms with van der Waals surface area (Å²) in [4.78, 5) is 0.731. The number of benzene rings is 1. The van der Waals surface area contributed by atoms with Gasteiger partial charge in [-0.05, 0) is 36.6 Å². The minimum Gasteiger partial charge on any atom is -0.285 e. The lowest BCUT2D eigenvalue weighted by atomic mass is 10.1. The fourth-order valence-electron chi connectivity index (χ4n) is 1.24. The summed E-state index contributed by atoms with van der Waals surface area (Å²) >= 11 is 4.19. The molecule has 78 valence electrons. The van der Waals surface area contributed by atoms with Crippen LogP contribution >= 0.6 is 12.6 Å². The highest BCUT2D eigenvalue weighted by Crippen LogP contribution is 2.20. The Balaban J connectivity index is 3.17. The van der Waals surface area contributed by atoms with Crippen LogP contribution < -0.4 is 0 Å². The van der Waals surface area contributed by atoms with Crippen LogP contribution in [0.2, 0.25) is 0 Å². The molecule has 0 aliphatic rings. The van der Waals surface area contributed by atoms with Crippen molar-refractivity contribution in [1.29, 1.82) is 0 Å². The van der Waals surface area contributed by atoms with E-state index in [2.05, 4.69) is 12.6 Å². The van der Waals surface area contributed by atoms with Gasteiger partial charge < -0.3 is 0 Å². The van der Waals surface area contributed by atoms with Crippen LogP contribution in [0.4, 0.5) is 0 Å².